The van der Waals surface area contributed by atoms with Gasteiger partial charge in [0.05, 0.1) is 25.9 Å². The maximum absolute atomic E-state index is 9.88. The van der Waals surface area contributed by atoms with Gasteiger partial charge in [-0.25, -0.2) is 0 Å². The highest BCUT2D eigenvalue weighted by Crippen LogP contribution is 2.33. The lowest BCUT2D eigenvalue weighted by atomic mass is 10.0. The Morgan fingerprint density at radius 2 is 2.14 bits per heavy atom. The Hall–Kier alpha value is -1.30. The van der Waals surface area contributed by atoms with Crippen molar-refractivity contribution >= 4 is 0 Å². The van der Waals surface area contributed by atoms with E-state index in [0.717, 1.165) is 36.7 Å². The van der Waals surface area contributed by atoms with Crippen LogP contribution in [0.25, 0.3) is 0 Å². The fourth-order valence-corrected chi connectivity index (χ4v) is 2.92. The third-order valence-electron chi connectivity index (χ3n) is 3.95. The number of methoxy groups -OCH3 is 1. The molecule has 2 atom stereocenters. The van der Waals surface area contributed by atoms with Crippen molar-refractivity contribution in [2.24, 2.45) is 0 Å². The SMILES string of the molecule is COc1ccc(C(CO)N2CCNC(C)C2)cc1OC(C)C. The lowest BCUT2D eigenvalue weighted by Gasteiger charge is -2.37. The van der Waals surface area contributed by atoms with Crippen LogP contribution in [-0.4, -0.2) is 55.5 Å². The predicted molar refractivity (Wildman–Crippen MR) is 87.6 cm³/mol. The van der Waals surface area contributed by atoms with E-state index in [9.17, 15) is 5.11 Å². The maximum atomic E-state index is 9.88. The topological polar surface area (TPSA) is 54.0 Å². The molecule has 0 bridgehead atoms. The van der Waals surface area contributed by atoms with Crippen molar-refractivity contribution in [2.45, 2.75) is 39.0 Å². The molecule has 2 N–H and O–H groups in total. The van der Waals surface area contributed by atoms with Crippen molar-refractivity contribution in [3.05, 3.63) is 23.8 Å². The van der Waals surface area contributed by atoms with Crippen LogP contribution in [0.1, 0.15) is 32.4 Å². The van der Waals surface area contributed by atoms with Crippen LogP contribution in [0.4, 0.5) is 0 Å². The summed E-state index contributed by atoms with van der Waals surface area (Å²) in [5.74, 6) is 1.46. The highest BCUT2D eigenvalue weighted by molar-refractivity contribution is 5.44. The Morgan fingerprint density at radius 3 is 2.73 bits per heavy atom. The fraction of sp³-hybridized carbons (Fsp3) is 0.647. The quantitative estimate of drug-likeness (QED) is 0.839. The molecule has 1 aliphatic heterocycles. The molecular weight excluding hydrogens is 280 g/mol. The summed E-state index contributed by atoms with van der Waals surface area (Å²) in [6.45, 7) is 9.06. The van der Waals surface area contributed by atoms with Crippen molar-refractivity contribution in [3.63, 3.8) is 0 Å². The fourth-order valence-electron chi connectivity index (χ4n) is 2.92. The van der Waals surface area contributed by atoms with E-state index in [1.54, 1.807) is 7.11 Å². The molecule has 2 unspecified atom stereocenters. The Kier molecular flexibility index (Phi) is 6.06. The Morgan fingerprint density at radius 1 is 1.36 bits per heavy atom. The number of aliphatic hydroxyl groups excluding tert-OH is 1. The highest BCUT2D eigenvalue weighted by Gasteiger charge is 2.25. The molecule has 1 aromatic carbocycles. The molecule has 0 radical (unpaired) electrons. The van der Waals surface area contributed by atoms with Crippen LogP contribution in [0.3, 0.4) is 0 Å². The van der Waals surface area contributed by atoms with Crippen molar-refractivity contribution in [1.29, 1.82) is 0 Å². The lowest BCUT2D eigenvalue weighted by Crippen LogP contribution is -2.50. The second-order valence-electron chi connectivity index (χ2n) is 6.13. The molecule has 1 heterocycles. The van der Waals surface area contributed by atoms with Gasteiger partial charge in [-0.15, -0.1) is 0 Å². The standard InChI is InChI=1S/C17H28N2O3/c1-12(2)22-17-9-14(5-6-16(17)21-4)15(11-20)19-8-7-18-13(3)10-19/h5-6,9,12-13,15,18,20H,7-8,10-11H2,1-4H3. The molecule has 0 saturated carbocycles. The van der Waals surface area contributed by atoms with E-state index in [1.165, 1.54) is 0 Å². The largest absolute Gasteiger partial charge is 0.493 e. The summed E-state index contributed by atoms with van der Waals surface area (Å²) >= 11 is 0. The summed E-state index contributed by atoms with van der Waals surface area (Å²) in [4.78, 5) is 2.32. The minimum atomic E-state index is -0.00929. The summed E-state index contributed by atoms with van der Waals surface area (Å²) in [5.41, 5.74) is 1.06. The normalized spacial score (nSPS) is 20.9. The zero-order valence-corrected chi connectivity index (χ0v) is 14.0. The molecule has 0 aromatic heterocycles. The van der Waals surface area contributed by atoms with Gasteiger partial charge in [-0.2, -0.15) is 0 Å². The molecular formula is C17H28N2O3. The first kappa shape index (κ1) is 17.1. The number of nitrogens with zero attached hydrogens (tertiary/aromatic N) is 1. The number of nitrogens with one attached hydrogen (secondary N) is 1. The third-order valence-corrected chi connectivity index (χ3v) is 3.95. The summed E-state index contributed by atoms with van der Waals surface area (Å²) < 4.78 is 11.2. The van der Waals surface area contributed by atoms with Crippen molar-refractivity contribution in [2.75, 3.05) is 33.4 Å². The number of hydrogen-bond acceptors (Lipinski definition) is 5. The number of piperazine rings is 1. The van der Waals surface area contributed by atoms with Gasteiger partial charge in [0.15, 0.2) is 11.5 Å². The first-order valence-corrected chi connectivity index (χ1v) is 7.98. The van der Waals surface area contributed by atoms with E-state index in [2.05, 4.69) is 17.1 Å². The van der Waals surface area contributed by atoms with E-state index >= 15 is 0 Å². The summed E-state index contributed by atoms with van der Waals surface area (Å²) in [6.07, 6.45) is 0.0796. The van der Waals surface area contributed by atoms with Crippen LogP contribution in [0.5, 0.6) is 11.5 Å². The Bertz CT molecular complexity index is 479. The number of aliphatic hydroxyl groups is 1. The molecule has 1 aromatic rings. The van der Waals surface area contributed by atoms with E-state index < -0.39 is 0 Å². The van der Waals surface area contributed by atoms with Crippen LogP contribution in [0, 0.1) is 0 Å². The Labute approximate surface area is 133 Å². The van der Waals surface area contributed by atoms with Crippen molar-refractivity contribution in [1.82, 2.24) is 10.2 Å². The van der Waals surface area contributed by atoms with E-state index in [0.29, 0.717) is 6.04 Å². The minimum absolute atomic E-state index is 0.00929. The molecule has 124 valence electrons. The lowest BCUT2D eigenvalue weighted by molar-refractivity contribution is 0.0959. The van der Waals surface area contributed by atoms with Crippen LogP contribution in [0.15, 0.2) is 18.2 Å². The van der Waals surface area contributed by atoms with Crippen LogP contribution < -0.4 is 14.8 Å². The minimum Gasteiger partial charge on any atom is -0.493 e. The number of benzene rings is 1. The van der Waals surface area contributed by atoms with Crippen LogP contribution in [0.2, 0.25) is 0 Å². The van der Waals surface area contributed by atoms with E-state index in [-0.39, 0.29) is 18.8 Å². The summed E-state index contributed by atoms with van der Waals surface area (Å²) in [5, 5.41) is 13.3. The molecule has 2 rings (SSSR count). The number of hydrogen-bond donors (Lipinski definition) is 2. The van der Waals surface area contributed by atoms with Gasteiger partial charge in [0.25, 0.3) is 0 Å². The zero-order chi connectivity index (χ0) is 16.1. The zero-order valence-electron chi connectivity index (χ0n) is 14.0. The van der Waals surface area contributed by atoms with Crippen LogP contribution >= 0.6 is 0 Å². The second-order valence-corrected chi connectivity index (χ2v) is 6.13. The molecule has 0 spiro atoms. The first-order chi connectivity index (χ1) is 10.5. The smallest absolute Gasteiger partial charge is 0.161 e. The van der Waals surface area contributed by atoms with Gasteiger partial charge >= 0.3 is 0 Å². The maximum Gasteiger partial charge on any atom is 0.161 e. The number of ether oxygens (including phenoxy) is 2. The van der Waals surface area contributed by atoms with Gasteiger partial charge in [-0.3, -0.25) is 4.90 Å². The average molecular weight is 308 g/mol. The summed E-state index contributed by atoms with van der Waals surface area (Å²) in [7, 11) is 1.64. The highest BCUT2D eigenvalue weighted by atomic mass is 16.5. The van der Waals surface area contributed by atoms with Gasteiger partial charge in [0.1, 0.15) is 0 Å². The van der Waals surface area contributed by atoms with Gasteiger partial charge < -0.3 is 19.9 Å². The Balaban J connectivity index is 2.24. The summed E-state index contributed by atoms with van der Waals surface area (Å²) in [6, 6.07) is 6.35. The van der Waals surface area contributed by atoms with Gasteiger partial charge in [-0.1, -0.05) is 6.07 Å². The first-order valence-electron chi connectivity index (χ1n) is 7.98. The van der Waals surface area contributed by atoms with E-state index in [4.69, 9.17) is 9.47 Å². The van der Waals surface area contributed by atoms with Crippen LogP contribution in [-0.2, 0) is 0 Å². The van der Waals surface area contributed by atoms with Gasteiger partial charge in [-0.05, 0) is 38.5 Å². The molecule has 1 fully saturated rings. The predicted octanol–water partition coefficient (Wildman–Crippen LogP) is 1.81. The van der Waals surface area contributed by atoms with Crippen molar-refractivity contribution in [3.8, 4) is 11.5 Å². The molecule has 5 nitrogen and oxygen atoms in total. The molecule has 5 heteroatoms. The number of rotatable bonds is 6. The van der Waals surface area contributed by atoms with Gasteiger partial charge in [0, 0.05) is 25.7 Å². The second kappa shape index (κ2) is 7.81. The molecule has 1 saturated heterocycles. The monoisotopic (exact) mass is 308 g/mol. The van der Waals surface area contributed by atoms with E-state index in [1.807, 2.05) is 32.0 Å². The van der Waals surface area contributed by atoms with Gasteiger partial charge in [0.2, 0.25) is 0 Å². The molecule has 1 aliphatic rings. The average Bonchev–Trinajstić information content (AvgIpc) is 2.48. The molecule has 0 aliphatic carbocycles. The molecule has 22 heavy (non-hydrogen) atoms. The van der Waals surface area contributed by atoms with Crippen molar-refractivity contribution < 1.29 is 14.6 Å². The third kappa shape index (κ3) is 4.12. The molecule has 0 amide bonds.